The van der Waals surface area contributed by atoms with E-state index in [1.165, 1.54) is 0 Å². The Morgan fingerprint density at radius 3 is 2.78 bits per heavy atom. The second kappa shape index (κ2) is 5.59. The highest BCUT2D eigenvalue weighted by molar-refractivity contribution is 9.10. The maximum Gasteiger partial charge on any atom is 0.227 e. The Kier molecular flexibility index (Phi) is 4.30. The summed E-state index contributed by atoms with van der Waals surface area (Å²) in [5.41, 5.74) is 0.460. The normalized spacial score (nSPS) is 17.1. The van der Waals surface area contributed by atoms with E-state index in [0.717, 1.165) is 23.7 Å². The number of anilines is 1. The van der Waals surface area contributed by atoms with Crippen LogP contribution in [0.15, 0.2) is 22.7 Å². The lowest BCUT2D eigenvalue weighted by atomic mass is 9.77. The fourth-order valence-electron chi connectivity index (χ4n) is 2.10. The number of carbonyl (C=O) groups is 1. The summed E-state index contributed by atoms with van der Waals surface area (Å²) in [6.07, 6.45) is 3.44. The molecular weight excluding hydrogens is 318 g/mol. The predicted molar refractivity (Wildman–Crippen MR) is 76.0 cm³/mol. The SMILES string of the molecule is COC1(CC(=O)Nc2ccc(Br)c(Cl)c2)CCC1. The van der Waals surface area contributed by atoms with Crippen molar-refractivity contribution >= 4 is 39.1 Å². The monoisotopic (exact) mass is 331 g/mol. The summed E-state index contributed by atoms with van der Waals surface area (Å²) in [5, 5.41) is 3.43. The van der Waals surface area contributed by atoms with Crippen LogP contribution >= 0.6 is 27.5 Å². The predicted octanol–water partition coefficient (Wildman–Crippen LogP) is 4.00. The molecule has 0 spiro atoms. The summed E-state index contributed by atoms with van der Waals surface area (Å²) in [5.74, 6) is -0.0325. The van der Waals surface area contributed by atoms with Crippen molar-refractivity contribution in [1.29, 1.82) is 0 Å². The highest BCUT2D eigenvalue weighted by Gasteiger charge is 2.38. The van der Waals surface area contributed by atoms with E-state index < -0.39 is 0 Å². The first-order valence-electron chi connectivity index (χ1n) is 5.85. The zero-order valence-corrected chi connectivity index (χ0v) is 12.5. The number of carbonyl (C=O) groups excluding carboxylic acids is 1. The summed E-state index contributed by atoms with van der Waals surface area (Å²) < 4.78 is 6.24. The molecule has 0 radical (unpaired) electrons. The fraction of sp³-hybridized carbons (Fsp3) is 0.462. The van der Waals surface area contributed by atoms with Gasteiger partial charge in [0, 0.05) is 17.3 Å². The maximum atomic E-state index is 11.9. The molecule has 0 unspecified atom stereocenters. The van der Waals surface area contributed by atoms with Crippen molar-refractivity contribution in [2.24, 2.45) is 0 Å². The molecule has 0 heterocycles. The number of hydrogen-bond acceptors (Lipinski definition) is 2. The van der Waals surface area contributed by atoms with Gasteiger partial charge in [-0.25, -0.2) is 0 Å². The average molecular weight is 333 g/mol. The standard InChI is InChI=1S/C13H15BrClNO2/c1-18-13(5-2-6-13)8-12(17)16-9-3-4-10(14)11(15)7-9/h3-4,7H,2,5-6,8H2,1H3,(H,16,17). The number of hydrogen-bond donors (Lipinski definition) is 1. The third-order valence-electron chi connectivity index (χ3n) is 3.38. The molecule has 0 aliphatic heterocycles. The molecule has 5 heteroatoms. The molecule has 1 amide bonds. The molecule has 1 aromatic carbocycles. The van der Waals surface area contributed by atoms with Gasteiger partial charge >= 0.3 is 0 Å². The van der Waals surface area contributed by atoms with Gasteiger partial charge in [0.05, 0.1) is 17.0 Å². The average Bonchev–Trinajstić information content (AvgIpc) is 2.29. The van der Waals surface area contributed by atoms with Crippen molar-refractivity contribution in [2.45, 2.75) is 31.3 Å². The van der Waals surface area contributed by atoms with Crippen LogP contribution in [0.4, 0.5) is 5.69 Å². The summed E-state index contributed by atoms with van der Waals surface area (Å²) in [4.78, 5) is 11.9. The van der Waals surface area contributed by atoms with Crippen LogP contribution in [0, 0.1) is 0 Å². The molecule has 1 saturated carbocycles. The Morgan fingerprint density at radius 2 is 2.28 bits per heavy atom. The highest BCUT2D eigenvalue weighted by Crippen LogP contribution is 2.38. The van der Waals surface area contributed by atoms with E-state index in [1.54, 1.807) is 13.2 Å². The molecule has 3 nitrogen and oxygen atoms in total. The summed E-state index contributed by atoms with van der Waals surface area (Å²) >= 11 is 9.28. The van der Waals surface area contributed by atoms with E-state index in [2.05, 4.69) is 21.2 Å². The number of halogens is 2. The number of nitrogens with one attached hydrogen (secondary N) is 1. The van der Waals surface area contributed by atoms with Crippen molar-refractivity contribution < 1.29 is 9.53 Å². The van der Waals surface area contributed by atoms with Gasteiger partial charge in [-0.15, -0.1) is 0 Å². The third-order valence-corrected chi connectivity index (χ3v) is 4.62. The number of rotatable bonds is 4. The Labute approximate surface area is 120 Å². The van der Waals surface area contributed by atoms with Gasteiger partial charge in [-0.1, -0.05) is 11.6 Å². The zero-order valence-electron chi connectivity index (χ0n) is 10.1. The van der Waals surface area contributed by atoms with Crippen LogP contribution in [0.2, 0.25) is 5.02 Å². The Balaban J connectivity index is 1.96. The van der Waals surface area contributed by atoms with E-state index >= 15 is 0 Å². The molecule has 0 saturated heterocycles. The van der Waals surface area contributed by atoms with Gasteiger partial charge in [0.1, 0.15) is 0 Å². The van der Waals surface area contributed by atoms with Gasteiger partial charge in [0.2, 0.25) is 5.91 Å². The topological polar surface area (TPSA) is 38.3 Å². The first-order chi connectivity index (χ1) is 8.54. The van der Waals surface area contributed by atoms with Crippen LogP contribution in [0.5, 0.6) is 0 Å². The van der Waals surface area contributed by atoms with Gasteiger partial charge in [-0.3, -0.25) is 4.79 Å². The van der Waals surface area contributed by atoms with Crippen molar-refractivity contribution in [3.63, 3.8) is 0 Å². The minimum atomic E-state index is -0.247. The summed E-state index contributed by atoms with van der Waals surface area (Å²) in [6, 6.07) is 5.35. The molecule has 2 rings (SSSR count). The summed E-state index contributed by atoms with van der Waals surface area (Å²) in [6.45, 7) is 0. The van der Waals surface area contributed by atoms with E-state index in [-0.39, 0.29) is 11.5 Å². The number of ether oxygens (including phenoxy) is 1. The van der Waals surface area contributed by atoms with Gasteiger partial charge in [0.15, 0.2) is 0 Å². The Bertz CT molecular complexity index is 455. The Hall–Kier alpha value is -0.580. The van der Waals surface area contributed by atoms with Gasteiger partial charge < -0.3 is 10.1 Å². The van der Waals surface area contributed by atoms with Crippen LogP contribution in [-0.4, -0.2) is 18.6 Å². The van der Waals surface area contributed by atoms with Crippen LogP contribution in [0.3, 0.4) is 0 Å². The van der Waals surface area contributed by atoms with E-state index in [0.29, 0.717) is 17.1 Å². The first-order valence-corrected chi connectivity index (χ1v) is 7.02. The van der Waals surface area contributed by atoms with E-state index in [4.69, 9.17) is 16.3 Å². The number of methoxy groups -OCH3 is 1. The summed E-state index contributed by atoms with van der Waals surface area (Å²) in [7, 11) is 1.67. The number of benzene rings is 1. The van der Waals surface area contributed by atoms with Gasteiger partial charge in [-0.05, 0) is 53.4 Å². The van der Waals surface area contributed by atoms with Gasteiger partial charge in [-0.2, -0.15) is 0 Å². The minimum Gasteiger partial charge on any atom is -0.378 e. The first kappa shape index (κ1) is 13.8. The Morgan fingerprint density at radius 1 is 1.56 bits per heavy atom. The van der Waals surface area contributed by atoms with Crippen molar-refractivity contribution in [3.05, 3.63) is 27.7 Å². The minimum absolute atomic E-state index is 0.0325. The molecule has 1 aliphatic carbocycles. The largest absolute Gasteiger partial charge is 0.378 e. The van der Waals surface area contributed by atoms with Crippen molar-refractivity contribution in [3.8, 4) is 0 Å². The second-order valence-corrected chi connectivity index (χ2v) is 5.86. The second-order valence-electron chi connectivity index (χ2n) is 4.59. The molecule has 0 atom stereocenters. The number of amides is 1. The van der Waals surface area contributed by atoms with Crippen molar-refractivity contribution in [2.75, 3.05) is 12.4 Å². The van der Waals surface area contributed by atoms with E-state index in [9.17, 15) is 4.79 Å². The fourth-order valence-corrected chi connectivity index (χ4v) is 2.52. The molecule has 1 aliphatic rings. The van der Waals surface area contributed by atoms with E-state index in [1.807, 2.05) is 12.1 Å². The van der Waals surface area contributed by atoms with Crippen LogP contribution < -0.4 is 5.32 Å². The van der Waals surface area contributed by atoms with Gasteiger partial charge in [0.25, 0.3) is 0 Å². The third kappa shape index (κ3) is 3.05. The lowest BCUT2D eigenvalue weighted by Gasteiger charge is -2.39. The smallest absolute Gasteiger partial charge is 0.227 e. The molecule has 1 aromatic rings. The van der Waals surface area contributed by atoms with Crippen molar-refractivity contribution in [1.82, 2.24) is 0 Å². The van der Waals surface area contributed by atoms with Crippen LogP contribution in [0.1, 0.15) is 25.7 Å². The highest BCUT2D eigenvalue weighted by atomic mass is 79.9. The quantitative estimate of drug-likeness (QED) is 0.905. The molecule has 1 N–H and O–H groups in total. The molecule has 18 heavy (non-hydrogen) atoms. The molecule has 98 valence electrons. The zero-order chi connectivity index (χ0) is 13.2. The lowest BCUT2D eigenvalue weighted by Crippen LogP contribution is -2.42. The van der Waals surface area contributed by atoms with Crippen LogP contribution in [-0.2, 0) is 9.53 Å². The molecule has 0 aromatic heterocycles. The molecular formula is C13H15BrClNO2. The molecule has 1 fully saturated rings. The lowest BCUT2D eigenvalue weighted by molar-refractivity contribution is -0.129. The van der Waals surface area contributed by atoms with Crippen LogP contribution in [0.25, 0.3) is 0 Å². The maximum absolute atomic E-state index is 11.9. The molecule has 0 bridgehead atoms.